The van der Waals surface area contributed by atoms with Crippen LogP contribution < -0.4 is 4.90 Å². The number of rotatable bonds is 3. The third-order valence-corrected chi connectivity index (χ3v) is 6.34. The maximum atomic E-state index is 12.7. The van der Waals surface area contributed by atoms with Crippen LogP contribution >= 0.6 is 0 Å². The van der Waals surface area contributed by atoms with Crippen LogP contribution in [0, 0.1) is 0 Å². The predicted molar refractivity (Wildman–Crippen MR) is 109 cm³/mol. The van der Waals surface area contributed by atoms with Crippen molar-refractivity contribution in [3.05, 3.63) is 77.7 Å². The van der Waals surface area contributed by atoms with Crippen molar-refractivity contribution in [3.63, 3.8) is 0 Å². The van der Waals surface area contributed by atoms with Crippen LogP contribution in [0.15, 0.2) is 75.1 Å². The molecule has 8 nitrogen and oxygen atoms in total. The summed E-state index contributed by atoms with van der Waals surface area (Å²) < 4.78 is 30.6. The number of aromatic nitrogens is 1. The average Bonchev–Trinajstić information content (AvgIpc) is 3.19. The SMILES string of the molecule is CN1C(=O)C(=NC(=O)c2cc(Cc3ccccc3)on2)CS(=O)(=O)c2ccccc21. The summed E-state index contributed by atoms with van der Waals surface area (Å²) in [4.78, 5) is 30.3. The number of carbonyl (C=O) groups excluding carboxylic acids is 2. The third kappa shape index (κ3) is 3.79. The second kappa shape index (κ2) is 7.68. The number of aliphatic imine (C=N–C) groups is 1. The van der Waals surface area contributed by atoms with E-state index in [2.05, 4.69) is 10.1 Å². The standard InChI is InChI=1S/C21H17N3O5S/c1-24-18-9-5-6-10-19(18)30(27,28)13-17(21(24)26)22-20(25)16-12-15(29-23-16)11-14-7-3-2-4-8-14/h2-10,12H,11,13H2,1H3. The molecule has 1 aliphatic heterocycles. The quantitative estimate of drug-likeness (QED) is 0.639. The second-order valence-corrected chi connectivity index (χ2v) is 8.75. The average molecular weight is 423 g/mol. The van der Waals surface area contributed by atoms with E-state index in [0.29, 0.717) is 12.2 Å². The van der Waals surface area contributed by atoms with Crippen LogP contribution in [0.3, 0.4) is 0 Å². The van der Waals surface area contributed by atoms with Gasteiger partial charge in [0.15, 0.2) is 15.5 Å². The van der Waals surface area contributed by atoms with Crippen LogP contribution in [0.2, 0.25) is 0 Å². The van der Waals surface area contributed by atoms with Gasteiger partial charge in [0.05, 0.1) is 10.6 Å². The van der Waals surface area contributed by atoms with Crippen LogP contribution in [0.4, 0.5) is 5.69 Å². The van der Waals surface area contributed by atoms with E-state index in [0.717, 1.165) is 5.56 Å². The van der Waals surface area contributed by atoms with E-state index in [1.54, 1.807) is 12.1 Å². The molecule has 9 heteroatoms. The zero-order valence-corrected chi connectivity index (χ0v) is 16.8. The van der Waals surface area contributed by atoms with Crippen molar-refractivity contribution in [3.8, 4) is 0 Å². The minimum absolute atomic E-state index is 0.0186. The van der Waals surface area contributed by atoms with E-state index in [-0.39, 0.29) is 22.0 Å². The molecule has 4 rings (SSSR count). The van der Waals surface area contributed by atoms with Crippen LogP contribution in [0.1, 0.15) is 21.8 Å². The number of fused-ring (bicyclic) bond motifs is 1. The molecule has 0 fully saturated rings. The molecule has 30 heavy (non-hydrogen) atoms. The van der Waals surface area contributed by atoms with Crippen LogP contribution in [-0.4, -0.2) is 43.9 Å². The number of para-hydroxylation sites is 1. The van der Waals surface area contributed by atoms with Gasteiger partial charge in [-0.15, -0.1) is 0 Å². The van der Waals surface area contributed by atoms with Gasteiger partial charge < -0.3 is 9.42 Å². The lowest BCUT2D eigenvalue weighted by Gasteiger charge is -2.16. The van der Waals surface area contributed by atoms with E-state index in [4.69, 9.17) is 4.52 Å². The van der Waals surface area contributed by atoms with Gasteiger partial charge in [0.2, 0.25) is 0 Å². The van der Waals surface area contributed by atoms with Gasteiger partial charge in [-0.3, -0.25) is 9.59 Å². The zero-order valence-electron chi connectivity index (χ0n) is 16.0. The van der Waals surface area contributed by atoms with Gasteiger partial charge in [0.25, 0.3) is 11.8 Å². The highest BCUT2D eigenvalue weighted by molar-refractivity contribution is 7.92. The summed E-state index contributed by atoms with van der Waals surface area (Å²) in [7, 11) is -2.41. The van der Waals surface area contributed by atoms with E-state index < -0.39 is 27.4 Å². The minimum atomic E-state index is -3.85. The predicted octanol–water partition coefficient (Wildman–Crippen LogP) is 2.30. The number of nitrogens with zero attached hydrogens (tertiary/aromatic N) is 3. The molecular formula is C21H17N3O5S. The Balaban J connectivity index is 1.62. The smallest absolute Gasteiger partial charge is 0.299 e. The van der Waals surface area contributed by atoms with Crippen LogP contribution in [0.25, 0.3) is 0 Å². The molecule has 2 heterocycles. The van der Waals surface area contributed by atoms with Crippen molar-refractivity contribution in [1.82, 2.24) is 5.16 Å². The van der Waals surface area contributed by atoms with Gasteiger partial charge in [-0.05, 0) is 17.7 Å². The van der Waals surface area contributed by atoms with Crippen LogP contribution in [-0.2, 0) is 21.1 Å². The molecule has 3 aromatic rings. The van der Waals surface area contributed by atoms with Gasteiger partial charge in [-0.2, -0.15) is 0 Å². The molecule has 0 saturated heterocycles. The first-order valence-electron chi connectivity index (χ1n) is 9.06. The van der Waals surface area contributed by atoms with Crippen molar-refractivity contribution >= 4 is 33.1 Å². The molecule has 0 atom stereocenters. The van der Waals surface area contributed by atoms with Gasteiger partial charge in [0, 0.05) is 19.5 Å². The number of benzene rings is 2. The maximum Gasteiger partial charge on any atom is 0.299 e. The monoisotopic (exact) mass is 423 g/mol. The van der Waals surface area contributed by atoms with E-state index >= 15 is 0 Å². The van der Waals surface area contributed by atoms with E-state index in [9.17, 15) is 18.0 Å². The van der Waals surface area contributed by atoms with E-state index in [1.807, 2.05) is 30.3 Å². The Kier molecular flexibility index (Phi) is 5.04. The third-order valence-electron chi connectivity index (χ3n) is 4.68. The molecule has 0 bridgehead atoms. The normalized spacial score (nSPS) is 16.9. The maximum absolute atomic E-state index is 12.7. The number of carbonyl (C=O) groups is 2. The van der Waals surface area contributed by atoms with E-state index in [1.165, 1.54) is 30.1 Å². The Bertz CT molecular complexity index is 1260. The molecule has 2 aromatic carbocycles. The van der Waals surface area contributed by atoms with Gasteiger partial charge >= 0.3 is 0 Å². The Hall–Kier alpha value is -3.59. The number of hydrogen-bond acceptors (Lipinski definition) is 6. The first-order valence-corrected chi connectivity index (χ1v) is 10.7. The molecule has 0 unspecified atom stereocenters. The summed E-state index contributed by atoms with van der Waals surface area (Å²) in [5.74, 6) is -1.72. The zero-order chi connectivity index (χ0) is 21.3. The van der Waals surface area contributed by atoms with Gasteiger partial charge in [-0.25, -0.2) is 13.4 Å². The Morgan fingerprint density at radius 1 is 1.13 bits per heavy atom. The number of sulfone groups is 1. The largest absolute Gasteiger partial charge is 0.360 e. The molecule has 152 valence electrons. The van der Waals surface area contributed by atoms with Crippen molar-refractivity contribution in [2.24, 2.45) is 4.99 Å². The van der Waals surface area contributed by atoms with Crippen molar-refractivity contribution in [1.29, 1.82) is 0 Å². The lowest BCUT2D eigenvalue weighted by Crippen LogP contribution is -2.34. The summed E-state index contributed by atoms with van der Waals surface area (Å²) in [6, 6.07) is 17.1. The fourth-order valence-electron chi connectivity index (χ4n) is 3.17. The van der Waals surface area contributed by atoms with Crippen molar-refractivity contribution in [2.45, 2.75) is 11.3 Å². The second-order valence-electron chi connectivity index (χ2n) is 6.80. The molecule has 1 aliphatic rings. The van der Waals surface area contributed by atoms with Gasteiger partial charge in [-0.1, -0.05) is 47.6 Å². The fraction of sp³-hybridized carbons (Fsp3) is 0.143. The molecule has 1 aromatic heterocycles. The highest BCUT2D eigenvalue weighted by Crippen LogP contribution is 2.28. The summed E-state index contributed by atoms with van der Waals surface area (Å²) >= 11 is 0. The lowest BCUT2D eigenvalue weighted by molar-refractivity contribution is -0.112. The van der Waals surface area contributed by atoms with Crippen molar-refractivity contribution in [2.75, 3.05) is 17.7 Å². The van der Waals surface area contributed by atoms with Gasteiger partial charge in [0.1, 0.15) is 17.2 Å². The highest BCUT2D eigenvalue weighted by Gasteiger charge is 2.34. The molecule has 0 aliphatic carbocycles. The molecule has 0 radical (unpaired) electrons. The fourth-order valence-corrected chi connectivity index (χ4v) is 4.69. The Morgan fingerprint density at radius 2 is 1.83 bits per heavy atom. The lowest BCUT2D eigenvalue weighted by atomic mass is 10.1. The first kappa shape index (κ1) is 19.7. The minimum Gasteiger partial charge on any atom is -0.360 e. The number of anilines is 1. The Labute approximate surface area is 172 Å². The van der Waals surface area contributed by atoms with Crippen LogP contribution in [0.5, 0.6) is 0 Å². The summed E-state index contributed by atoms with van der Waals surface area (Å²) in [6.07, 6.45) is 0.434. The number of hydrogen-bond donors (Lipinski definition) is 0. The molecule has 0 saturated carbocycles. The number of amides is 2. The highest BCUT2D eigenvalue weighted by atomic mass is 32.2. The molecular weight excluding hydrogens is 406 g/mol. The first-order chi connectivity index (χ1) is 14.3. The summed E-state index contributed by atoms with van der Waals surface area (Å²) in [5, 5.41) is 3.72. The summed E-state index contributed by atoms with van der Waals surface area (Å²) in [5.41, 5.74) is 0.754. The molecule has 0 N–H and O–H groups in total. The summed E-state index contributed by atoms with van der Waals surface area (Å²) in [6.45, 7) is 0. The Morgan fingerprint density at radius 3 is 2.60 bits per heavy atom. The molecule has 2 amide bonds. The van der Waals surface area contributed by atoms with Crippen molar-refractivity contribution < 1.29 is 22.5 Å². The topological polar surface area (TPSA) is 110 Å². The molecule has 0 spiro atoms.